The molecule has 0 unspecified atom stereocenters. The standard InChI is InChI=1S/C12H17FN2O2/c1-12(2,8-16)14-7-11(17)15-10-5-3-4-9(13)6-10/h3-6,14,16H,7-8H2,1-2H3,(H,15,17). The number of anilines is 1. The molecule has 0 aliphatic heterocycles. The van der Waals surface area contributed by atoms with Gasteiger partial charge in [-0.1, -0.05) is 6.07 Å². The van der Waals surface area contributed by atoms with E-state index in [2.05, 4.69) is 10.6 Å². The first-order valence-electron chi connectivity index (χ1n) is 5.34. The number of benzene rings is 1. The summed E-state index contributed by atoms with van der Waals surface area (Å²) < 4.78 is 12.8. The molecule has 0 spiro atoms. The zero-order chi connectivity index (χ0) is 12.9. The summed E-state index contributed by atoms with van der Waals surface area (Å²) in [5.74, 6) is -0.677. The number of carbonyl (C=O) groups is 1. The van der Waals surface area contributed by atoms with Gasteiger partial charge in [-0.15, -0.1) is 0 Å². The molecule has 94 valence electrons. The molecule has 4 nitrogen and oxygen atoms in total. The van der Waals surface area contributed by atoms with Crippen molar-refractivity contribution in [1.82, 2.24) is 5.32 Å². The minimum absolute atomic E-state index is 0.0596. The van der Waals surface area contributed by atoms with E-state index in [1.54, 1.807) is 19.9 Å². The van der Waals surface area contributed by atoms with E-state index in [0.29, 0.717) is 5.69 Å². The van der Waals surface area contributed by atoms with Crippen LogP contribution in [0.5, 0.6) is 0 Å². The van der Waals surface area contributed by atoms with Gasteiger partial charge in [0.2, 0.25) is 5.91 Å². The van der Waals surface area contributed by atoms with E-state index in [1.165, 1.54) is 18.2 Å². The quantitative estimate of drug-likeness (QED) is 0.723. The van der Waals surface area contributed by atoms with Crippen molar-refractivity contribution in [3.8, 4) is 0 Å². The summed E-state index contributed by atoms with van der Waals surface area (Å²) >= 11 is 0. The first-order chi connectivity index (χ1) is 7.93. The van der Waals surface area contributed by atoms with Crippen molar-refractivity contribution in [2.24, 2.45) is 0 Å². The van der Waals surface area contributed by atoms with Crippen LogP contribution in [0.25, 0.3) is 0 Å². The summed E-state index contributed by atoms with van der Waals surface area (Å²) in [6.45, 7) is 3.55. The second kappa shape index (κ2) is 5.75. The van der Waals surface area contributed by atoms with Crippen molar-refractivity contribution < 1.29 is 14.3 Å². The summed E-state index contributed by atoms with van der Waals surface area (Å²) in [6.07, 6.45) is 0. The van der Waals surface area contributed by atoms with Crippen molar-refractivity contribution in [3.63, 3.8) is 0 Å². The molecule has 0 saturated heterocycles. The Hall–Kier alpha value is -1.46. The second-order valence-corrected chi connectivity index (χ2v) is 4.45. The predicted molar refractivity (Wildman–Crippen MR) is 64.2 cm³/mol. The highest BCUT2D eigenvalue weighted by Gasteiger charge is 2.16. The molecule has 1 rings (SSSR count). The molecule has 1 aromatic carbocycles. The summed E-state index contributed by atoms with van der Waals surface area (Å²) in [5, 5.41) is 14.4. The van der Waals surface area contributed by atoms with Crippen molar-refractivity contribution >= 4 is 11.6 Å². The van der Waals surface area contributed by atoms with Crippen LogP contribution in [0.3, 0.4) is 0 Å². The minimum Gasteiger partial charge on any atom is -0.394 e. The average molecular weight is 240 g/mol. The van der Waals surface area contributed by atoms with E-state index in [1.807, 2.05) is 0 Å². The summed E-state index contributed by atoms with van der Waals surface area (Å²) in [5.41, 5.74) is -0.0992. The first kappa shape index (κ1) is 13.6. The molecular weight excluding hydrogens is 223 g/mol. The number of hydrogen-bond acceptors (Lipinski definition) is 3. The maximum atomic E-state index is 12.8. The fourth-order valence-corrected chi connectivity index (χ4v) is 1.15. The van der Waals surface area contributed by atoms with Gasteiger partial charge in [-0.3, -0.25) is 4.79 Å². The second-order valence-electron chi connectivity index (χ2n) is 4.45. The molecular formula is C12H17FN2O2. The first-order valence-corrected chi connectivity index (χ1v) is 5.34. The van der Waals surface area contributed by atoms with Gasteiger partial charge in [0.25, 0.3) is 0 Å². The Labute approximate surface area is 99.8 Å². The Kier molecular flexibility index (Phi) is 4.60. The van der Waals surface area contributed by atoms with Crippen LogP contribution in [0.1, 0.15) is 13.8 Å². The molecule has 17 heavy (non-hydrogen) atoms. The molecule has 0 aromatic heterocycles. The number of aliphatic hydroxyl groups excluding tert-OH is 1. The highest BCUT2D eigenvalue weighted by Crippen LogP contribution is 2.08. The van der Waals surface area contributed by atoms with Gasteiger partial charge in [-0.25, -0.2) is 4.39 Å². The minimum atomic E-state index is -0.515. The molecule has 0 heterocycles. The van der Waals surface area contributed by atoms with Crippen LogP contribution in [0.2, 0.25) is 0 Å². The fraction of sp³-hybridized carbons (Fsp3) is 0.417. The lowest BCUT2D eigenvalue weighted by Gasteiger charge is -2.23. The van der Waals surface area contributed by atoms with Gasteiger partial charge in [0.05, 0.1) is 13.2 Å². The molecule has 0 fully saturated rings. The molecule has 0 aliphatic carbocycles. The molecule has 0 radical (unpaired) electrons. The smallest absolute Gasteiger partial charge is 0.238 e. The van der Waals surface area contributed by atoms with Gasteiger partial charge in [0, 0.05) is 11.2 Å². The van der Waals surface area contributed by atoms with Crippen LogP contribution in [-0.4, -0.2) is 29.7 Å². The molecule has 1 amide bonds. The maximum absolute atomic E-state index is 12.8. The van der Waals surface area contributed by atoms with E-state index >= 15 is 0 Å². The van der Waals surface area contributed by atoms with Crippen molar-refractivity contribution in [2.45, 2.75) is 19.4 Å². The zero-order valence-corrected chi connectivity index (χ0v) is 9.96. The Balaban J connectivity index is 2.45. The lowest BCUT2D eigenvalue weighted by atomic mass is 10.1. The Morgan fingerprint density at radius 1 is 1.47 bits per heavy atom. The van der Waals surface area contributed by atoms with Crippen molar-refractivity contribution in [1.29, 1.82) is 0 Å². The zero-order valence-electron chi connectivity index (χ0n) is 9.96. The number of nitrogens with one attached hydrogen (secondary N) is 2. The molecule has 0 atom stereocenters. The Morgan fingerprint density at radius 2 is 2.18 bits per heavy atom. The molecule has 5 heteroatoms. The lowest BCUT2D eigenvalue weighted by Crippen LogP contribution is -2.46. The number of amides is 1. The van der Waals surface area contributed by atoms with Crippen LogP contribution < -0.4 is 10.6 Å². The van der Waals surface area contributed by atoms with Gasteiger partial charge >= 0.3 is 0 Å². The van der Waals surface area contributed by atoms with E-state index in [0.717, 1.165) is 0 Å². The number of aliphatic hydroxyl groups is 1. The van der Waals surface area contributed by atoms with E-state index < -0.39 is 11.4 Å². The Morgan fingerprint density at radius 3 is 2.76 bits per heavy atom. The van der Waals surface area contributed by atoms with Crippen molar-refractivity contribution in [2.75, 3.05) is 18.5 Å². The van der Waals surface area contributed by atoms with Gasteiger partial charge < -0.3 is 15.7 Å². The number of carbonyl (C=O) groups excluding carboxylic acids is 1. The highest BCUT2D eigenvalue weighted by atomic mass is 19.1. The third kappa shape index (κ3) is 4.93. The summed E-state index contributed by atoms with van der Waals surface area (Å²) in [4.78, 5) is 11.5. The SMILES string of the molecule is CC(C)(CO)NCC(=O)Nc1cccc(F)c1. The molecule has 1 aromatic rings. The number of rotatable bonds is 5. The van der Waals surface area contributed by atoms with E-state index in [4.69, 9.17) is 5.11 Å². The van der Waals surface area contributed by atoms with Gasteiger partial charge in [0.15, 0.2) is 0 Å². The van der Waals surface area contributed by atoms with Crippen molar-refractivity contribution in [3.05, 3.63) is 30.1 Å². The topological polar surface area (TPSA) is 61.4 Å². The van der Waals surface area contributed by atoms with Crippen LogP contribution >= 0.6 is 0 Å². The average Bonchev–Trinajstić information content (AvgIpc) is 2.27. The van der Waals surface area contributed by atoms with Crippen LogP contribution in [-0.2, 0) is 4.79 Å². The van der Waals surface area contributed by atoms with E-state index in [9.17, 15) is 9.18 Å². The number of hydrogen-bond donors (Lipinski definition) is 3. The lowest BCUT2D eigenvalue weighted by molar-refractivity contribution is -0.115. The predicted octanol–water partition coefficient (Wildman–Crippen LogP) is 1.12. The molecule has 3 N–H and O–H groups in total. The summed E-state index contributed by atoms with van der Waals surface area (Å²) in [6, 6.07) is 5.69. The van der Waals surface area contributed by atoms with Crippen LogP contribution in [0, 0.1) is 5.82 Å². The normalized spacial score (nSPS) is 11.3. The van der Waals surface area contributed by atoms with E-state index in [-0.39, 0.29) is 19.1 Å². The summed E-state index contributed by atoms with van der Waals surface area (Å²) in [7, 11) is 0. The maximum Gasteiger partial charge on any atom is 0.238 e. The molecule has 0 bridgehead atoms. The van der Waals surface area contributed by atoms with Gasteiger partial charge in [-0.05, 0) is 32.0 Å². The van der Waals surface area contributed by atoms with Crippen LogP contribution in [0.15, 0.2) is 24.3 Å². The fourth-order valence-electron chi connectivity index (χ4n) is 1.15. The third-order valence-electron chi connectivity index (χ3n) is 2.23. The number of halogens is 1. The highest BCUT2D eigenvalue weighted by molar-refractivity contribution is 5.92. The van der Waals surface area contributed by atoms with Crippen LogP contribution in [0.4, 0.5) is 10.1 Å². The Bertz CT molecular complexity index is 394. The van der Waals surface area contributed by atoms with Gasteiger partial charge in [-0.2, -0.15) is 0 Å². The van der Waals surface area contributed by atoms with Gasteiger partial charge in [0.1, 0.15) is 5.82 Å². The molecule has 0 saturated carbocycles. The third-order valence-corrected chi connectivity index (χ3v) is 2.23. The monoisotopic (exact) mass is 240 g/mol. The molecule has 0 aliphatic rings. The largest absolute Gasteiger partial charge is 0.394 e.